The van der Waals surface area contributed by atoms with E-state index in [0.29, 0.717) is 12.4 Å². The minimum Gasteiger partial charge on any atom is -0.480 e. The van der Waals surface area contributed by atoms with Gasteiger partial charge in [-0.15, -0.1) is 0 Å². The summed E-state index contributed by atoms with van der Waals surface area (Å²) in [6.45, 7) is 0.637. The van der Waals surface area contributed by atoms with E-state index in [1.807, 2.05) is 43.3 Å². The van der Waals surface area contributed by atoms with Crippen LogP contribution in [0.5, 0.6) is 5.88 Å². The Morgan fingerprint density at radius 3 is 2.75 bits per heavy atom. The molecule has 0 aliphatic heterocycles. The Hall–Kier alpha value is -1.79. The number of hydrogen-bond donors (Lipinski definition) is 2. The van der Waals surface area contributed by atoms with Crippen LogP contribution in [0, 0.1) is 0 Å². The summed E-state index contributed by atoms with van der Waals surface area (Å²) in [4.78, 5) is 7.40. The third kappa shape index (κ3) is 3.20. The topological polar surface area (TPSA) is 57.6 Å². The summed E-state index contributed by atoms with van der Waals surface area (Å²) in [5.41, 5.74) is 1.81. The van der Waals surface area contributed by atoms with Gasteiger partial charge in [-0.1, -0.05) is 29.5 Å². The number of nitrogens with zero attached hydrogens (tertiary/aromatic N) is 2. The average molecular weight is 293 g/mol. The maximum Gasteiger partial charge on any atom is 0.231 e. The molecule has 6 heteroatoms. The fourth-order valence-electron chi connectivity index (χ4n) is 1.79. The van der Waals surface area contributed by atoms with Crippen LogP contribution in [0.3, 0.4) is 0 Å². The highest BCUT2D eigenvalue weighted by atomic mass is 32.1. The van der Waals surface area contributed by atoms with Gasteiger partial charge in [0.25, 0.3) is 0 Å². The van der Waals surface area contributed by atoms with Gasteiger partial charge >= 0.3 is 0 Å². The first-order chi connectivity index (χ1) is 9.65. The van der Waals surface area contributed by atoms with Gasteiger partial charge in [0.2, 0.25) is 5.88 Å². The number of nitrogens with one attached hydrogen (secondary N) is 1. The Morgan fingerprint density at radius 1 is 1.35 bits per heavy atom. The van der Waals surface area contributed by atoms with Crippen LogP contribution in [0.15, 0.2) is 24.3 Å². The van der Waals surface area contributed by atoms with E-state index < -0.39 is 0 Å². The van der Waals surface area contributed by atoms with Crippen molar-refractivity contribution < 1.29 is 9.84 Å². The van der Waals surface area contributed by atoms with Gasteiger partial charge in [0, 0.05) is 25.3 Å². The molecule has 0 saturated heterocycles. The van der Waals surface area contributed by atoms with Crippen LogP contribution in [0.25, 0.3) is 0 Å². The fraction of sp³-hybridized carbons (Fsp3) is 0.357. The summed E-state index contributed by atoms with van der Waals surface area (Å²) in [6.07, 6.45) is 0. The summed E-state index contributed by atoms with van der Waals surface area (Å²) in [5.74, 6) is 0.646. The van der Waals surface area contributed by atoms with E-state index in [9.17, 15) is 5.11 Å². The van der Waals surface area contributed by atoms with Gasteiger partial charge in [0.15, 0.2) is 5.13 Å². The van der Waals surface area contributed by atoms with Gasteiger partial charge in [-0.05, 0) is 6.07 Å². The quantitative estimate of drug-likeness (QED) is 0.856. The third-order valence-electron chi connectivity index (χ3n) is 2.85. The number of aliphatic hydroxyl groups excluding tert-OH is 1. The molecular weight excluding hydrogens is 274 g/mol. The number of benzene rings is 1. The molecule has 0 amide bonds. The molecule has 0 aliphatic carbocycles. The highest BCUT2D eigenvalue weighted by Crippen LogP contribution is 2.31. The molecule has 0 saturated carbocycles. The Morgan fingerprint density at radius 2 is 2.10 bits per heavy atom. The SMILES string of the molecule is COc1nc(N(C)C)sc1CNc1ccccc1CO. The third-order valence-corrected chi connectivity index (χ3v) is 4.06. The maximum atomic E-state index is 9.31. The molecule has 20 heavy (non-hydrogen) atoms. The molecule has 1 aromatic heterocycles. The predicted octanol–water partition coefficient (Wildman–Crippen LogP) is 2.32. The van der Waals surface area contributed by atoms with Gasteiger partial charge in [-0.2, -0.15) is 4.98 Å². The van der Waals surface area contributed by atoms with Crippen molar-refractivity contribution in [2.24, 2.45) is 0 Å². The smallest absolute Gasteiger partial charge is 0.231 e. The molecule has 2 rings (SSSR count). The van der Waals surface area contributed by atoms with E-state index in [4.69, 9.17) is 4.74 Å². The monoisotopic (exact) mass is 293 g/mol. The minimum absolute atomic E-state index is 0.0198. The van der Waals surface area contributed by atoms with Crippen LogP contribution in [0.4, 0.5) is 10.8 Å². The van der Waals surface area contributed by atoms with Crippen molar-refractivity contribution in [1.29, 1.82) is 0 Å². The number of aromatic nitrogens is 1. The highest BCUT2D eigenvalue weighted by Gasteiger charge is 2.13. The molecule has 0 unspecified atom stereocenters. The molecule has 0 radical (unpaired) electrons. The Bertz CT molecular complexity index is 569. The summed E-state index contributed by atoms with van der Waals surface area (Å²) >= 11 is 1.59. The van der Waals surface area contributed by atoms with E-state index in [2.05, 4.69) is 10.3 Å². The minimum atomic E-state index is 0.0198. The molecule has 0 bridgehead atoms. The summed E-state index contributed by atoms with van der Waals surface area (Å²) in [5, 5.41) is 13.5. The number of anilines is 2. The van der Waals surface area contributed by atoms with Crippen molar-refractivity contribution >= 4 is 22.2 Å². The van der Waals surface area contributed by atoms with Crippen LogP contribution in [0.2, 0.25) is 0 Å². The van der Waals surface area contributed by atoms with Crippen LogP contribution in [-0.4, -0.2) is 31.3 Å². The average Bonchev–Trinajstić information content (AvgIpc) is 2.89. The lowest BCUT2D eigenvalue weighted by atomic mass is 10.2. The molecule has 1 aromatic carbocycles. The van der Waals surface area contributed by atoms with E-state index in [-0.39, 0.29) is 6.61 Å². The molecule has 0 fully saturated rings. The second-order valence-electron chi connectivity index (χ2n) is 4.49. The molecule has 0 spiro atoms. The van der Waals surface area contributed by atoms with Crippen molar-refractivity contribution in [2.75, 3.05) is 31.4 Å². The second-order valence-corrected chi connectivity index (χ2v) is 5.55. The Kier molecular flexibility index (Phi) is 4.81. The molecule has 2 aromatic rings. The summed E-state index contributed by atoms with van der Waals surface area (Å²) < 4.78 is 5.30. The molecule has 0 aliphatic rings. The normalized spacial score (nSPS) is 10.4. The number of aliphatic hydroxyl groups is 1. The summed E-state index contributed by atoms with van der Waals surface area (Å²) in [7, 11) is 5.53. The van der Waals surface area contributed by atoms with E-state index in [1.165, 1.54) is 0 Å². The zero-order valence-electron chi connectivity index (χ0n) is 11.9. The predicted molar refractivity (Wildman–Crippen MR) is 82.7 cm³/mol. The van der Waals surface area contributed by atoms with Crippen molar-refractivity contribution in [3.05, 3.63) is 34.7 Å². The van der Waals surface area contributed by atoms with Crippen molar-refractivity contribution in [1.82, 2.24) is 4.98 Å². The molecule has 108 valence electrons. The van der Waals surface area contributed by atoms with E-state index in [1.54, 1.807) is 18.4 Å². The lowest BCUT2D eigenvalue weighted by Gasteiger charge is -2.09. The lowest BCUT2D eigenvalue weighted by molar-refractivity contribution is 0.282. The van der Waals surface area contributed by atoms with Gasteiger partial charge < -0.3 is 20.1 Å². The van der Waals surface area contributed by atoms with E-state index in [0.717, 1.165) is 21.3 Å². The van der Waals surface area contributed by atoms with Crippen LogP contribution in [0.1, 0.15) is 10.4 Å². The zero-order chi connectivity index (χ0) is 14.5. The van der Waals surface area contributed by atoms with Crippen molar-refractivity contribution in [2.45, 2.75) is 13.2 Å². The number of hydrogen-bond acceptors (Lipinski definition) is 6. The highest BCUT2D eigenvalue weighted by molar-refractivity contribution is 7.15. The van der Waals surface area contributed by atoms with Crippen molar-refractivity contribution in [3.8, 4) is 5.88 Å². The van der Waals surface area contributed by atoms with Gasteiger partial charge in [0.1, 0.15) is 0 Å². The van der Waals surface area contributed by atoms with Crippen LogP contribution >= 0.6 is 11.3 Å². The lowest BCUT2D eigenvalue weighted by Crippen LogP contribution is -2.07. The van der Waals surface area contributed by atoms with Crippen LogP contribution in [-0.2, 0) is 13.2 Å². The number of ether oxygens (including phenoxy) is 1. The largest absolute Gasteiger partial charge is 0.480 e. The summed E-state index contributed by atoms with van der Waals surface area (Å²) in [6, 6.07) is 7.70. The van der Waals surface area contributed by atoms with Gasteiger partial charge in [0.05, 0.1) is 25.1 Å². The fourth-order valence-corrected chi connectivity index (χ4v) is 2.69. The number of thiazole rings is 1. The molecular formula is C14H19N3O2S. The number of methoxy groups -OCH3 is 1. The Labute approximate surface area is 122 Å². The second kappa shape index (κ2) is 6.58. The van der Waals surface area contributed by atoms with Crippen LogP contribution < -0.4 is 15.0 Å². The van der Waals surface area contributed by atoms with Crippen molar-refractivity contribution in [3.63, 3.8) is 0 Å². The number of rotatable bonds is 6. The zero-order valence-corrected chi connectivity index (χ0v) is 12.7. The molecule has 2 N–H and O–H groups in total. The molecule has 0 atom stereocenters. The first-order valence-electron chi connectivity index (χ1n) is 6.29. The Balaban J connectivity index is 2.14. The maximum absolute atomic E-state index is 9.31. The first-order valence-corrected chi connectivity index (χ1v) is 7.11. The number of para-hydroxylation sites is 1. The van der Waals surface area contributed by atoms with E-state index >= 15 is 0 Å². The standard InChI is InChI=1S/C14H19N3O2S/c1-17(2)14-16-13(19-3)12(20-14)8-15-11-7-5-4-6-10(11)9-18/h4-7,15,18H,8-9H2,1-3H3. The van der Waals surface area contributed by atoms with Gasteiger partial charge in [-0.25, -0.2) is 0 Å². The molecule has 1 heterocycles. The first kappa shape index (κ1) is 14.6. The molecule has 5 nitrogen and oxygen atoms in total. The van der Waals surface area contributed by atoms with Gasteiger partial charge in [-0.3, -0.25) is 0 Å².